The minimum Gasteiger partial charge on any atom is -0.354 e. The molecular formula is C39H40N6O4. The van der Waals surface area contributed by atoms with Gasteiger partial charge in [0, 0.05) is 71.6 Å². The van der Waals surface area contributed by atoms with Gasteiger partial charge in [-0.05, 0) is 98.7 Å². The van der Waals surface area contributed by atoms with Crippen LogP contribution in [0.2, 0.25) is 0 Å². The second-order valence-electron chi connectivity index (χ2n) is 14.4. The van der Waals surface area contributed by atoms with Crippen LogP contribution in [0.15, 0.2) is 79.1 Å². The second kappa shape index (κ2) is 12.8. The van der Waals surface area contributed by atoms with Gasteiger partial charge >= 0.3 is 0 Å². The zero-order chi connectivity index (χ0) is 33.5. The predicted octanol–water partition coefficient (Wildman–Crippen LogP) is 5.20. The fourth-order valence-electron chi connectivity index (χ4n) is 9.32. The van der Waals surface area contributed by atoms with Gasteiger partial charge in [0.15, 0.2) is 0 Å². The zero-order valence-electron chi connectivity index (χ0n) is 27.4. The first-order valence-corrected chi connectivity index (χ1v) is 17.4. The van der Waals surface area contributed by atoms with Gasteiger partial charge in [-0.15, -0.1) is 0 Å². The fraction of sp³-hybridized carbons (Fsp3) is 0.385. The summed E-state index contributed by atoms with van der Waals surface area (Å²) in [7, 11) is 0. The van der Waals surface area contributed by atoms with E-state index in [2.05, 4.69) is 20.6 Å². The minimum atomic E-state index is -0.396. The summed E-state index contributed by atoms with van der Waals surface area (Å²) in [6.45, 7) is 1.32. The maximum absolute atomic E-state index is 13.7. The second-order valence-corrected chi connectivity index (χ2v) is 14.4. The molecule has 10 heteroatoms. The SMILES string of the molecule is O=C(CN(Cc1ccccn1)Cc1ccccn1)Nc1ccc2c3c(cccc13)C(=O)N(CCNC(=O)C13CC4CC(CC(C4)C1)C3)C2=O. The van der Waals surface area contributed by atoms with Crippen molar-refractivity contribution in [2.45, 2.75) is 51.6 Å². The fourth-order valence-corrected chi connectivity index (χ4v) is 9.32. The number of carbonyl (C=O) groups excluding carboxylic acids is 4. The molecule has 4 aromatic rings. The molecule has 0 spiro atoms. The van der Waals surface area contributed by atoms with Crippen LogP contribution in [0.5, 0.6) is 0 Å². The molecule has 9 rings (SSSR count). The van der Waals surface area contributed by atoms with Crippen LogP contribution in [-0.4, -0.2) is 63.0 Å². The van der Waals surface area contributed by atoms with Gasteiger partial charge in [0.2, 0.25) is 11.8 Å². The molecule has 4 amide bonds. The highest BCUT2D eigenvalue weighted by atomic mass is 16.2. The number of anilines is 1. The maximum Gasteiger partial charge on any atom is 0.261 e. The maximum atomic E-state index is 13.7. The Bertz CT molecular complexity index is 1830. The molecule has 4 aliphatic carbocycles. The molecule has 0 atom stereocenters. The van der Waals surface area contributed by atoms with Crippen LogP contribution in [0.4, 0.5) is 5.69 Å². The lowest BCUT2D eigenvalue weighted by Gasteiger charge is -2.55. The highest BCUT2D eigenvalue weighted by molar-refractivity contribution is 6.27. The van der Waals surface area contributed by atoms with Crippen molar-refractivity contribution >= 4 is 40.1 Å². The number of hydrogen-bond acceptors (Lipinski definition) is 7. The molecule has 2 N–H and O–H groups in total. The number of aromatic nitrogens is 2. The first-order valence-electron chi connectivity index (χ1n) is 17.4. The first kappa shape index (κ1) is 31.3. The Morgan fingerprint density at radius 1 is 0.776 bits per heavy atom. The van der Waals surface area contributed by atoms with Crippen LogP contribution >= 0.6 is 0 Å². The summed E-state index contributed by atoms with van der Waals surface area (Å²) >= 11 is 0. The molecule has 0 unspecified atom stereocenters. The van der Waals surface area contributed by atoms with Gasteiger partial charge in [0.05, 0.1) is 17.9 Å². The number of carbonyl (C=O) groups is 4. The summed E-state index contributed by atoms with van der Waals surface area (Å²) in [6, 6.07) is 20.1. The van der Waals surface area contributed by atoms with Crippen molar-refractivity contribution in [3.8, 4) is 0 Å². The van der Waals surface area contributed by atoms with Crippen molar-refractivity contribution in [3.63, 3.8) is 0 Å². The van der Waals surface area contributed by atoms with Gasteiger partial charge in [-0.25, -0.2) is 0 Å². The molecule has 250 valence electrons. The number of amides is 4. The van der Waals surface area contributed by atoms with Crippen LogP contribution in [0, 0.1) is 23.2 Å². The van der Waals surface area contributed by atoms with Crippen LogP contribution in [0.25, 0.3) is 10.8 Å². The Balaban J connectivity index is 0.956. The van der Waals surface area contributed by atoms with Crippen LogP contribution in [-0.2, 0) is 22.7 Å². The lowest BCUT2D eigenvalue weighted by molar-refractivity contribution is -0.146. The summed E-state index contributed by atoms with van der Waals surface area (Å²) in [6.07, 6.45) is 10.1. The Labute approximate surface area is 285 Å². The van der Waals surface area contributed by atoms with E-state index >= 15 is 0 Å². The van der Waals surface area contributed by atoms with E-state index in [1.165, 1.54) is 24.2 Å². The Morgan fingerprint density at radius 2 is 1.39 bits per heavy atom. The van der Waals surface area contributed by atoms with Crippen LogP contribution in [0.3, 0.4) is 0 Å². The van der Waals surface area contributed by atoms with E-state index < -0.39 is 11.8 Å². The zero-order valence-corrected chi connectivity index (χ0v) is 27.4. The summed E-state index contributed by atoms with van der Waals surface area (Å²) in [4.78, 5) is 66.5. The highest BCUT2D eigenvalue weighted by Gasteiger charge is 2.54. The molecule has 49 heavy (non-hydrogen) atoms. The summed E-state index contributed by atoms with van der Waals surface area (Å²) in [5.41, 5.74) is 2.73. The standard InChI is InChI=1S/C39H40N6O4/c46-34(24-44(22-28-6-1-3-12-40-28)23-29-7-2-4-13-41-29)43-33-11-10-32-35-30(33)8-5-9-31(35)36(47)45(37(32)48)15-14-42-38(49)39-19-25-16-26(20-39)18-27(17-25)21-39/h1-13,25-27H,14-24H2,(H,42,49)(H,43,46). The van der Waals surface area contributed by atoms with Gasteiger partial charge in [-0.2, -0.15) is 0 Å². The smallest absolute Gasteiger partial charge is 0.261 e. The van der Waals surface area contributed by atoms with Gasteiger partial charge in [0.1, 0.15) is 0 Å². The summed E-state index contributed by atoms with van der Waals surface area (Å²) in [5.74, 6) is 1.03. The highest BCUT2D eigenvalue weighted by Crippen LogP contribution is 2.60. The number of hydrogen-bond donors (Lipinski definition) is 2. The molecule has 4 saturated carbocycles. The number of pyridine rings is 2. The Morgan fingerprint density at radius 3 is 1.98 bits per heavy atom. The molecule has 0 radical (unpaired) electrons. The van der Waals surface area contributed by atoms with E-state index in [0.29, 0.717) is 58.4 Å². The minimum absolute atomic E-state index is 0.0801. The average Bonchev–Trinajstić information content (AvgIpc) is 3.09. The van der Waals surface area contributed by atoms with Crippen LogP contribution in [0.1, 0.15) is 70.6 Å². The third-order valence-corrected chi connectivity index (χ3v) is 11.0. The normalized spacial score (nSPS) is 23.7. The third kappa shape index (κ3) is 6.10. The van der Waals surface area contributed by atoms with Crippen molar-refractivity contribution in [3.05, 3.63) is 102 Å². The van der Waals surface area contributed by atoms with Crippen molar-refractivity contribution in [2.75, 3.05) is 25.0 Å². The molecular weight excluding hydrogens is 616 g/mol. The van der Waals surface area contributed by atoms with Crippen molar-refractivity contribution < 1.29 is 19.2 Å². The summed E-state index contributed by atoms with van der Waals surface area (Å²) < 4.78 is 0. The van der Waals surface area contributed by atoms with E-state index in [1.807, 2.05) is 47.4 Å². The molecule has 5 aliphatic rings. The number of imide groups is 1. The first-order chi connectivity index (χ1) is 23.8. The lowest BCUT2D eigenvalue weighted by Crippen LogP contribution is -2.54. The van der Waals surface area contributed by atoms with Gasteiger partial charge in [0.25, 0.3) is 11.8 Å². The monoisotopic (exact) mass is 656 g/mol. The molecule has 3 heterocycles. The predicted molar refractivity (Wildman–Crippen MR) is 184 cm³/mol. The molecule has 1 aliphatic heterocycles. The van der Waals surface area contributed by atoms with E-state index in [-0.39, 0.29) is 36.9 Å². The topological polar surface area (TPSA) is 125 Å². The molecule has 4 bridgehead atoms. The molecule has 0 saturated heterocycles. The van der Waals surface area contributed by atoms with Gasteiger partial charge in [-0.3, -0.25) is 38.9 Å². The van der Waals surface area contributed by atoms with Crippen molar-refractivity contribution in [1.29, 1.82) is 0 Å². The molecule has 10 nitrogen and oxygen atoms in total. The van der Waals surface area contributed by atoms with Gasteiger partial charge in [-0.1, -0.05) is 24.3 Å². The third-order valence-electron chi connectivity index (χ3n) is 11.0. The lowest BCUT2D eigenvalue weighted by atomic mass is 9.49. The van der Waals surface area contributed by atoms with Crippen molar-refractivity contribution in [1.82, 2.24) is 25.1 Å². The average molecular weight is 657 g/mol. The van der Waals surface area contributed by atoms with E-state index in [4.69, 9.17) is 0 Å². The van der Waals surface area contributed by atoms with Crippen molar-refractivity contribution in [2.24, 2.45) is 23.2 Å². The Kier molecular flexibility index (Phi) is 8.19. The number of nitrogens with one attached hydrogen (secondary N) is 2. The van der Waals surface area contributed by atoms with E-state index in [9.17, 15) is 19.2 Å². The van der Waals surface area contributed by atoms with Gasteiger partial charge < -0.3 is 10.6 Å². The Hall–Kier alpha value is -4.96. The van der Waals surface area contributed by atoms with E-state index in [1.54, 1.807) is 36.7 Å². The number of nitrogens with zero attached hydrogens (tertiary/aromatic N) is 4. The molecule has 2 aromatic heterocycles. The number of benzene rings is 2. The number of rotatable bonds is 11. The molecule has 4 fully saturated rings. The molecule has 2 aromatic carbocycles. The van der Waals surface area contributed by atoms with Crippen LogP contribution < -0.4 is 10.6 Å². The summed E-state index contributed by atoms with van der Waals surface area (Å²) in [5, 5.41) is 7.29. The largest absolute Gasteiger partial charge is 0.354 e. The quantitative estimate of drug-likeness (QED) is 0.213. The van der Waals surface area contributed by atoms with E-state index in [0.717, 1.165) is 30.7 Å².